The summed E-state index contributed by atoms with van der Waals surface area (Å²) in [4.78, 5) is 25.6. The topological polar surface area (TPSA) is 92.2 Å². The van der Waals surface area contributed by atoms with Crippen LogP contribution in [0.2, 0.25) is 0 Å². The number of urea groups is 1. The normalized spacial score (nSPS) is 15.3. The monoisotopic (exact) mass is 342 g/mol. The number of aryl methyl sites for hydroxylation is 1. The minimum Gasteiger partial charge on any atom is -0.334 e. The second-order valence-electron chi connectivity index (χ2n) is 6.16. The van der Waals surface area contributed by atoms with E-state index in [9.17, 15) is 9.59 Å². The molecule has 1 aliphatic heterocycles. The summed E-state index contributed by atoms with van der Waals surface area (Å²) in [5.74, 6) is 0.859. The van der Waals surface area contributed by atoms with Gasteiger partial charge in [-0.05, 0) is 31.0 Å². The van der Waals surface area contributed by atoms with Crippen LogP contribution in [-0.2, 0) is 18.4 Å². The third-order valence-electron chi connectivity index (χ3n) is 4.26. The highest BCUT2D eigenvalue weighted by Gasteiger charge is 2.21. The van der Waals surface area contributed by atoms with Crippen molar-refractivity contribution >= 4 is 17.6 Å². The van der Waals surface area contributed by atoms with E-state index in [2.05, 4.69) is 20.8 Å². The van der Waals surface area contributed by atoms with E-state index in [1.165, 1.54) is 0 Å². The number of anilines is 1. The summed E-state index contributed by atoms with van der Waals surface area (Å²) < 4.78 is 1.77. The first-order chi connectivity index (χ1) is 12.0. The zero-order valence-electron chi connectivity index (χ0n) is 14.4. The molecule has 8 nitrogen and oxygen atoms in total. The number of carbonyl (C=O) groups is 2. The maximum absolute atomic E-state index is 12.0. The van der Waals surface area contributed by atoms with Gasteiger partial charge in [-0.25, -0.2) is 4.79 Å². The predicted molar refractivity (Wildman–Crippen MR) is 92.8 cm³/mol. The van der Waals surface area contributed by atoms with Crippen LogP contribution in [0, 0.1) is 0 Å². The molecule has 1 aromatic carbocycles. The van der Waals surface area contributed by atoms with Gasteiger partial charge < -0.3 is 20.1 Å². The van der Waals surface area contributed by atoms with Crippen molar-refractivity contribution in [2.75, 3.05) is 11.4 Å². The summed E-state index contributed by atoms with van der Waals surface area (Å²) in [5, 5.41) is 13.4. The third kappa shape index (κ3) is 3.96. The Morgan fingerprint density at radius 1 is 1.32 bits per heavy atom. The molecule has 1 fully saturated rings. The number of amides is 3. The van der Waals surface area contributed by atoms with Crippen LogP contribution < -0.4 is 15.5 Å². The summed E-state index contributed by atoms with van der Waals surface area (Å²) in [7, 11) is 1.83. The Kier molecular flexibility index (Phi) is 4.97. The summed E-state index contributed by atoms with van der Waals surface area (Å²) in [5.41, 5.74) is 1.88. The molecule has 2 N–H and O–H groups in total. The summed E-state index contributed by atoms with van der Waals surface area (Å²) in [6.45, 7) is 3.04. The van der Waals surface area contributed by atoms with Crippen molar-refractivity contribution in [3.63, 3.8) is 0 Å². The number of benzene rings is 1. The fourth-order valence-corrected chi connectivity index (χ4v) is 2.89. The van der Waals surface area contributed by atoms with E-state index in [0.717, 1.165) is 24.2 Å². The standard InChI is InChI=1S/C17H22N6O2/c1-12(16-21-19-11-22(16)2)20-17(25)18-10-13-5-7-14(8-6-13)23-9-3-4-15(23)24/h5-8,11-12H,3-4,9-10H2,1-2H3,(H2,18,20,25)/t12-/m0/s1. The van der Waals surface area contributed by atoms with Crippen molar-refractivity contribution in [3.05, 3.63) is 42.0 Å². The number of aromatic nitrogens is 3. The Balaban J connectivity index is 1.50. The number of carbonyl (C=O) groups excluding carboxylic acids is 2. The van der Waals surface area contributed by atoms with Crippen LogP contribution in [0.15, 0.2) is 30.6 Å². The number of rotatable bonds is 5. The largest absolute Gasteiger partial charge is 0.334 e. The van der Waals surface area contributed by atoms with Crippen molar-refractivity contribution in [2.45, 2.75) is 32.4 Å². The highest BCUT2D eigenvalue weighted by atomic mass is 16.2. The molecular weight excluding hydrogens is 320 g/mol. The van der Waals surface area contributed by atoms with Crippen LogP contribution in [0.5, 0.6) is 0 Å². The van der Waals surface area contributed by atoms with Crippen molar-refractivity contribution in [3.8, 4) is 0 Å². The average molecular weight is 342 g/mol. The van der Waals surface area contributed by atoms with Gasteiger partial charge in [0.2, 0.25) is 5.91 Å². The van der Waals surface area contributed by atoms with Crippen LogP contribution >= 0.6 is 0 Å². The molecule has 132 valence electrons. The van der Waals surface area contributed by atoms with E-state index in [4.69, 9.17) is 0 Å². The Hall–Kier alpha value is -2.90. The molecule has 0 bridgehead atoms. The molecule has 25 heavy (non-hydrogen) atoms. The Labute approximate surface area is 146 Å². The van der Waals surface area contributed by atoms with E-state index in [1.807, 2.05) is 38.2 Å². The first-order valence-corrected chi connectivity index (χ1v) is 8.32. The molecule has 1 aliphatic rings. The second kappa shape index (κ2) is 7.33. The molecule has 0 spiro atoms. The van der Waals surface area contributed by atoms with Gasteiger partial charge in [0, 0.05) is 32.2 Å². The van der Waals surface area contributed by atoms with Crippen LogP contribution in [-0.4, -0.2) is 33.2 Å². The maximum atomic E-state index is 12.0. The lowest BCUT2D eigenvalue weighted by atomic mass is 10.2. The number of hydrogen-bond acceptors (Lipinski definition) is 4. The van der Waals surface area contributed by atoms with E-state index in [0.29, 0.717) is 18.8 Å². The van der Waals surface area contributed by atoms with Crippen LogP contribution in [0.25, 0.3) is 0 Å². The van der Waals surface area contributed by atoms with Gasteiger partial charge in [-0.3, -0.25) is 4.79 Å². The maximum Gasteiger partial charge on any atom is 0.315 e. The molecule has 0 saturated carbocycles. The zero-order chi connectivity index (χ0) is 17.8. The molecule has 0 radical (unpaired) electrons. The van der Waals surface area contributed by atoms with Crippen molar-refractivity contribution in [2.24, 2.45) is 7.05 Å². The van der Waals surface area contributed by atoms with Crippen molar-refractivity contribution < 1.29 is 9.59 Å². The molecule has 8 heteroatoms. The summed E-state index contributed by atoms with van der Waals surface area (Å²) in [6.07, 6.45) is 3.12. The first kappa shape index (κ1) is 16.9. The lowest BCUT2D eigenvalue weighted by molar-refractivity contribution is -0.117. The van der Waals surface area contributed by atoms with Gasteiger partial charge in [0.25, 0.3) is 0 Å². The molecule has 1 saturated heterocycles. The smallest absolute Gasteiger partial charge is 0.315 e. The number of nitrogens with one attached hydrogen (secondary N) is 2. The predicted octanol–water partition coefficient (Wildman–Crippen LogP) is 1.50. The molecule has 0 unspecified atom stereocenters. The lowest BCUT2D eigenvalue weighted by Gasteiger charge is -2.16. The molecule has 2 aromatic rings. The van der Waals surface area contributed by atoms with E-state index >= 15 is 0 Å². The molecule has 1 atom stereocenters. The minimum absolute atomic E-state index is 0.169. The van der Waals surface area contributed by atoms with Gasteiger partial charge in [0.1, 0.15) is 6.33 Å². The highest BCUT2D eigenvalue weighted by Crippen LogP contribution is 2.21. The quantitative estimate of drug-likeness (QED) is 0.861. The lowest BCUT2D eigenvalue weighted by Crippen LogP contribution is -2.37. The fourth-order valence-electron chi connectivity index (χ4n) is 2.89. The van der Waals surface area contributed by atoms with Crippen LogP contribution in [0.3, 0.4) is 0 Å². The van der Waals surface area contributed by atoms with Gasteiger partial charge >= 0.3 is 6.03 Å². The Bertz CT molecular complexity index is 755. The zero-order valence-corrected chi connectivity index (χ0v) is 14.4. The molecule has 0 aliphatic carbocycles. The summed E-state index contributed by atoms with van der Waals surface area (Å²) >= 11 is 0. The molecule has 3 rings (SSSR count). The first-order valence-electron chi connectivity index (χ1n) is 8.32. The van der Waals surface area contributed by atoms with Gasteiger partial charge in [-0.15, -0.1) is 10.2 Å². The van der Waals surface area contributed by atoms with Crippen LogP contribution in [0.4, 0.5) is 10.5 Å². The molecule has 2 heterocycles. The van der Waals surface area contributed by atoms with Crippen molar-refractivity contribution in [1.82, 2.24) is 25.4 Å². The fraction of sp³-hybridized carbons (Fsp3) is 0.412. The second-order valence-corrected chi connectivity index (χ2v) is 6.16. The Morgan fingerprint density at radius 3 is 2.68 bits per heavy atom. The molecule has 3 amide bonds. The minimum atomic E-state index is -0.269. The van der Waals surface area contributed by atoms with Gasteiger partial charge in [-0.2, -0.15) is 0 Å². The molecule has 1 aromatic heterocycles. The summed E-state index contributed by atoms with van der Waals surface area (Å²) in [6, 6.07) is 7.17. The number of hydrogen-bond donors (Lipinski definition) is 2. The van der Waals surface area contributed by atoms with E-state index < -0.39 is 0 Å². The third-order valence-corrected chi connectivity index (χ3v) is 4.26. The van der Waals surface area contributed by atoms with E-state index in [-0.39, 0.29) is 18.0 Å². The van der Waals surface area contributed by atoms with Gasteiger partial charge in [0.15, 0.2) is 5.82 Å². The van der Waals surface area contributed by atoms with Crippen molar-refractivity contribution in [1.29, 1.82) is 0 Å². The van der Waals surface area contributed by atoms with Gasteiger partial charge in [-0.1, -0.05) is 12.1 Å². The highest BCUT2D eigenvalue weighted by molar-refractivity contribution is 5.95. The van der Waals surface area contributed by atoms with Gasteiger partial charge in [0.05, 0.1) is 6.04 Å². The van der Waals surface area contributed by atoms with Crippen LogP contribution in [0.1, 0.15) is 37.2 Å². The SMILES string of the molecule is C[C@H](NC(=O)NCc1ccc(N2CCCC2=O)cc1)c1nncn1C. The van der Waals surface area contributed by atoms with E-state index in [1.54, 1.807) is 15.8 Å². The molecular formula is C17H22N6O2. The Morgan fingerprint density at radius 2 is 2.08 bits per heavy atom. The average Bonchev–Trinajstić information content (AvgIpc) is 3.21. The number of nitrogens with zero attached hydrogens (tertiary/aromatic N) is 4.